The van der Waals surface area contributed by atoms with Crippen molar-refractivity contribution in [2.75, 3.05) is 38.2 Å². The first kappa shape index (κ1) is 27.9. The molecule has 0 saturated carbocycles. The number of carboxylic acids is 1. The van der Waals surface area contributed by atoms with E-state index in [1.54, 1.807) is 11.0 Å². The number of pyridine rings is 1. The maximum absolute atomic E-state index is 15.2. The third kappa shape index (κ3) is 7.13. The van der Waals surface area contributed by atoms with Crippen LogP contribution in [-0.4, -0.2) is 66.1 Å². The van der Waals surface area contributed by atoms with Gasteiger partial charge in [-0.25, -0.2) is 13.8 Å². The Morgan fingerprint density at radius 2 is 2.15 bits per heavy atom. The van der Waals surface area contributed by atoms with Crippen LogP contribution in [-0.2, 0) is 33.7 Å². The molecule has 4 atom stereocenters. The van der Waals surface area contributed by atoms with Gasteiger partial charge in [-0.2, -0.15) is 0 Å². The quantitative estimate of drug-likeness (QED) is 0.361. The van der Waals surface area contributed by atoms with Crippen LogP contribution in [0.2, 0.25) is 0 Å². The van der Waals surface area contributed by atoms with Gasteiger partial charge in [-0.3, -0.25) is 9.69 Å². The van der Waals surface area contributed by atoms with Crippen molar-refractivity contribution in [3.05, 3.63) is 58.5 Å². The van der Waals surface area contributed by atoms with Crippen LogP contribution >= 0.6 is 0 Å². The summed E-state index contributed by atoms with van der Waals surface area (Å²) in [5.74, 6) is -0.801. The van der Waals surface area contributed by atoms with E-state index < -0.39 is 24.0 Å². The minimum atomic E-state index is -1.06. The van der Waals surface area contributed by atoms with E-state index in [0.717, 1.165) is 56.6 Å². The Hall–Kier alpha value is -2.62. The summed E-state index contributed by atoms with van der Waals surface area (Å²) in [6.45, 7) is 3.08. The minimum absolute atomic E-state index is 0.0469. The fourth-order valence-electron chi connectivity index (χ4n) is 6.02. The number of hydrogen-bond donors (Lipinski definition) is 2. The molecule has 39 heavy (non-hydrogen) atoms. The number of alkyl halides is 1. The van der Waals surface area contributed by atoms with Crippen LogP contribution in [0.25, 0.3) is 0 Å². The first-order valence-corrected chi connectivity index (χ1v) is 14.3. The lowest BCUT2D eigenvalue weighted by Crippen LogP contribution is -2.34. The zero-order chi connectivity index (χ0) is 27.2. The molecule has 5 rings (SSSR count). The van der Waals surface area contributed by atoms with Gasteiger partial charge in [-0.15, -0.1) is 0 Å². The molecule has 1 aromatic carbocycles. The maximum Gasteiger partial charge on any atom is 0.325 e. The largest absolute Gasteiger partial charge is 0.480 e. The molecule has 9 heteroatoms. The Morgan fingerprint density at radius 1 is 1.26 bits per heavy atom. The number of likely N-dealkylation sites (tertiary alicyclic amines) is 1. The highest BCUT2D eigenvalue weighted by Crippen LogP contribution is 2.34. The van der Waals surface area contributed by atoms with Gasteiger partial charge in [0.15, 0.2) is 0 Å². The zero-order valence-electron chi connectivity index (χ0n) is 22.4. The van der Waals surface area contributed by atoms with E-state index in [-0.39, 0.29) is 18.6 Å². The van der Waals surface area contributed by atoms with Crippen molar-refractivity contribution < 1.29 is 28.2 Å². The number of hydrogen-bond acceptors (Lipinski definition) is 6. The molecule has 0 radical (unpaired) electrons. The van der Waals surface area contributed by atoms with E-state index in [9.17, 15) is 14.3 Å². The lowest BCUT2D eigenvalue weighted by molar-refractivity contribution is -0.143. The van der Waals surface area contributed by atoms with Crippen LogP contribution in [0.4, 0.5) is 14.6 Å². The summed E-state index contributed by atoms with van der Waals surface area (Å²) in [6, 6.07) is 7.38. The van der Waals surface area contributed by atoms with Crippen LogP contribution in [0.3, 0.4) is 0 Å². The first-order valence-electron chi connectivity index (χ1n) is 14.3. The SMILES string of the molecule is O=C(O)[C@H](c1cc(F)ccc1CO[C@H]1CCOC1)N1CC[C@@H]([C@H](F)CCCCc2ccc3c(n2)NCCC3)C1. The number of halogens is 2. The Labute approximate surface area is 228 Å². The van der Waals surface area contributed by atoms with Gasteiger partial charge in [-0.05, 0) is 86.4 Å². The van der Waals surface area contributed by atoms with Gasteiger partial charge in [0.05, 0.1) is 19.3 Å². The summed E-state index contributed by atoms with van der Waals surface area (Å²) in [7, 11) is 0. The number of fused-ring (bicyclic) bond motifs is 1. The number of aliphatic carboxylic acids is 1. The average Bonchev–Trinajstić information content (AvgIpc) is 3.63. The normalized spacial score (nSPS) is 22.8. The van der Waals surface area contributed by atoms with Crippen molar-refractivity contribution in [2.24, 2.45) is 5.92 Å². The van der Waals surface area contributed by atoms with Gasteiger partial charge in [0.25, 0.3) is 0 Å². The standard InChI is InChI=1S/C30H39F2N3O4/c31-23-9-7-22(18-39-25-12-15-38-19-25)26(16-23)28(30(36)37)35-14-11-21(17-35)27(32)6-2-1-5-24-10-8-20-4-3-13-33-29(20)34-24/h7-10,16,21,25,27-28H,1-6,11-15,17-19H2,(H,33,34)(H,36,37)/t21-,25+,27-,28+/m1/s1. The van der Waals surface area contributed by atoms with E-state index in [4.69, 9.17) is 14.5 Å². The molecule has 0 spiro atoms. The van der Waals surface area contributed by atoms with Crippen LogP contribution in [0, 0.1) is 11.7 Å². The maximum atomic E-state index is 15.2. The molecule has 7 nitrogen and oxygen atoms in total. The summed E-state index contributed by atoms with van der Waals surface area (Å²) in [6.07, 6.45) is 5.39. The van der Waals surface area contributed by atoms with Crippen molar-refractivity contribution in [3.8, 4) is 0 Å². The minimum Gasteiger partial charge on any atom is -0.480 e. The molecule has 3 aliphatic heterocycles. The first-order chi connectivity index (χ1) is 19.0. The van der Waals surface area contributed by atoms with Gasteiger partial charge in [0, 0.05) is 31.3 Å². The van der Waals surface area contributed by atoms with E-state index in [2.05, 4.69) is 17.4 Å². The van der Waals surface area contributed by atoms with E-state index in [0.29, 0.717) is 50.3 Å². The number of anilines is 1. The number of benzene rings is 1. The fraction of sp³-hybridized carbons (Fsp3) is 0.600. The third-order valence-corrected chi connectivity index (χ3v) is 8.25. The van der Waals surface area contributed by atoms with Crippen molar-refractivity contribution in [1.82, 2.24) is 9.88 Å². The monoisotopic (exact) mass is 543 g/mol. The molecule has 0 amide bonds. The van der Waals surface area contributed by atoms with Gasteiger partial charge in [-0.1, -0.05) is 18.6 Å². The molecule has 2 aromatic rings. The molecule has 212 valence electrons. The summed E-state index contributed by atoms with van der Waals surface area (Å²) >= 11 is 0. The smallest absolute Gasteiger partial charge is 0.325 e. The fourth-order valence-corrected chi connectivity index (χ4v) is 6.02. The number of aryl methyl sites for hydroxylation is 2. The second kappa shape index (κ2) is 13.2. The molecule has 0 unspecified atom stereocenters. The summed E-state index contributed by atoms with van der Waals surface area (Å²) < 4.78 is 40.7. The number of nitrogens with zero attached hydrogens (tertiary/aromatic N) is 2. The van der Waals surface area contributed by atoms with E-state index >= 15 is 4.39 Å². The van der Waals surface area contributed by atoms with Crippen molar-refractivity contribution in [3.63, 3.8) is 0 Å². The number of carbonyl (C=O) groups is 1. The second-order valence-electron chi connectivity index (χ2n) is 11.0. The molecule has 3 aliphatic rings. The Bertz CT molecular complexity index is 1130. The molecule has 1 aromatic heterocycles. The van der Waals surface area contributed by atoms with Gasteiger partial charge in [0.1, 0.15) is 23.8 Å². The number of carboxylic acid groups (broad SMARTS) is 1. The molecule has 0 aliphatic carbocycles. The highest BCUT2D eigenvalue weighted by molar-refractivity contribution is 5.76. The van der Waals surface area contributed by atoms with Crippen molar-refractivity contribution in [1.29, 1.82) is 0 Å². The lowest BCUT2D eigenvalue weighted by Gasteiger charge is -2.27. The molecular weight excluding hydrogens is 504 g/mol. The van der Waals surface area contributed by atoms with Crippen LogP contribution in [0.5, 0.6) is 0 Å². The molecule has 2 fully saturated rings. The Morgan fingerprint density at radius 3 is 2.97 bits per heavy atom. The van der Waals surface area contributed by atoms with Crippen LogP contribution < -0.4 is 5.32 Å². The van der Waals surface area contributed by atoms with E-state index in [1.807, 2.05) is 0 Å². The number of ether oxygens (including phenoxy) is 2. The number of nitrogens with one attached hydrogen (secondary N) is 1. The summed E-state index contributed by atoms with van der Waals surface area (Å²) in [5, 5.41) is 13.5. The van der Waals surface area contributed by atoms with Crippen molar-refractivity contribution >= 4 is 11.8 Å². The Kier molecular flexibility index (Phi) is 9.42. The zero-order valence-corrected chi connectivity index (χ0v) is 22.4. The predicted octanol–water partition coefficient (Wildman–Crippen LogP) is 5.08. The highest BCUT2D eigenvalue weighted by Gasteiger charge is 2.37. The van der Waals surface area contributed by atoms with Crippen LogP contribution in [0.15, 0.2) is 30.3 Å². The summed E-state index contributed by atoms with van der Waals surface area (Å²) in [5.41, 5.74) is 3.32. The Balaban J connectivity index is 1.14. The average molecular weight is 544 g/mol. The van der Waals surface area contributed by atoms with Crippen molar-refractivity contribution in [2.45, 2.75) is 76.3 Å². The summed E-state index contributed by atoms with van der Waals surface area (Å²) in [4.78, 5) is 18.9. The van der Waals surface area contributed by atoms with Gasteiger partial charge in [0.2, 0.25) is 0 Å². The molecular formula is C30H39F2N3O4. The van der Waals surface area contributed by atoms with Crippen LogP contribution in [0.1, 0.15) is 67.0 Å². The lowest BCUT2D eigenvalue weighted by atomic mass is 9.96. The molecule has 2 saturated heterocycles. The number of aromatic nitrogens is 1. The highest BCUT2D eigenvalue weighted by atomic mass is 19.1. The van der Waals surface area contributed by atoms with E-state index in [1.165, 1.54) is 17.7 Å². The molecule has 4 heterocycles. The van der Waals surface area contributed by atoms with Gasteiger partial charge < -0.3 is 19.9 Å². The topological polar surface area (TPSA) is 83.9 Å². The predicted molar refractivity (Wildman–Crippen MR) is 144 cm³/mol. The number of rotatable bonds is 12. The molecule has 2 N–H and O–H groups in total. The molecule has 0 bridgehead atoms. The second-order valence-corrected chi connectivity index (χ2v) is 11.0. The van der Waals surface area contributed by atoms with Gasteiger partial charge >= 0.3 is 5.97 Å². The third-order valence-electron chi connectivity index (χ3n) is 8.25. The number of unbranched alkanes of at least 4 members (excludes halogenated alkanes) is 1.